The number of nitrogens with one attached hydrogen (secondary N) is 3. The van der Waals surface area contributed by atoms with Gasteiger partial charge in [-0.3, -0.25) is 9.59 Å². The van der Waals surface area contributed by atoms with Crippen molar-refractivity contribution < 1.29 is 23.5 Å². The lowest BCUT2D eigenvalue weighted by Gasteiger charge is -2.37. The lowest BCUT2D eigenvalue weighted by molar-refractivity contribution is -0.123. The molecular weight excluding hydrogens is 535 g/mol. The van der Waals surface area contributed by atoms with Crippen LogP contribution in [0.25, 0.3) is 0 Å². The Kier molecular flexibility index (Phi) is 8.11. The Hall–Kier alpha value is -2.26. The minimum absolute atomic E-state index is 0.135. The van der Waals surface area contributed by atoms with Crippen LogP contribution < -0.4 is 16.0 Å². The molecule has 6 nitrogen and oxygen atoms in total. The monoisotopic (exact) mass is 567 g/mol. The lowest BCUT2D eigenvalue weighted by Crippen LogP contribution is -2.49. The van der Waals surface area contributed by atoms with Gasteiger partial charge in [-0.1, -0.05) is 57.0 Å². The predicted molar refractivity (Wildman–Crippen MR) is 145 cm³/mol. The third kappa shape index (κ3) is 5.16. The second-order valence-corrected chi connectivity index (χ2v) is 12.2. The highest BCUT2D eigenvalue weighted by Crippen LogP contribution is 2.57. The highest BCUT2D eigenvalue weighted by molar-refractivity contribution is 6.31. The second kappa shape index (κ2) is 10.7. The van der Waals surface area contributed by atoms with E-state index in [1.165, 1.54) is 30.3 Å². The van der Waals surface area contributed by atoms with Crippen LogP contribution in [-0.2, 0) is 15.0 Å². The van der Waals surface area contributed by atoms with E-state index in [9.17, 15) is 23.5 Å². The molecule has 10 heteroatoms. The van der Waals surface area contributed by atoms with E-state index >= 15 is 0 Å². The number of fused-ring (bicyclic) bond motifs is 2. The smallest absolute Gasteiger partial charge is 0.237 e. The number of halogens is 4. The molecule has 2 aliphatic heterocycles. The molecule has 0 saturated carbocycles. The fraction of sp³-hybridized carbons (Fsp3) is 0.500. The minimum Gasteiger partial charge on any atom is -0.393 e. The van der Waals surface area contributed by atoms with Crippen molar-refractivity contribution in [2.24, 2.45) is 5.41 Å². The van der Waals surface area contributed by atoms with E-state index in [1.807, 2.05) is 27.7 Å². The van der Waals surface area contributed by atoms with E-state index in [2.05, 4.69) is 16.0 Å². The SMILES string of the molecule is CC[C@@H](O)CCNC(=O)[C@@H]1N[C@H](CC(C)(C)C)[C@]2(C(=O)Nc3cc(Cl)c(F)cc32)[C@H]1c1ccc(F)c(Cl)c1. The van der Waals surface area contributed by atoms with Crippen LogP contribution >= 0.6 is 23.2 Å². The first-order valence-electron chi connectivity index (χ1n) is 12.8. The summed E-state index contributed by atoms with van der Waals surface area (Å²) in [4.78, 5) is 27.7. The zero-order chi connectivity index (χ0) is 28.0. The van der Waals surface area contributed by atoms with Crippen LogP contribution in [0.1, 0.15) is 64.0 Å². The molecule has 4 rings (SSSR count). The third-order valence-corrected chi connectivity index (χ3v) is 8.11. The topological polar surface area (TPSA) is 90.5 Å². The molecule has 2 aromatic carbocycles. The Morgan fingerprint density at radius 1 is 1.16 bits per heavy atom. The molecule has 2 amide bonds. The molecule has 1 fully saturated rings. The zero-order valence-corrected chi connectivity index (χ0v) is 23.3. The second-order valence-electron chi connectivity index (χ2n) is 11.4. The number of aliphatic hydroxyl groups is 1. The highest BCUT2D eigenvalue weighted by atomic mass is 35.5. The lowest BCUT2D eigenvalue weighted by atomic mass is 9.62. The highest BCUT2D eigenvalue weighted by Gasteiger charge is 2.65. The van der Waals surface area contributed by atoms with Crippen LogP contribution in [0, 0.1) is 17.0 Å². The molecule has 1 spiro atoms. The first kappa shape index (κ1) is 28.7. The van der Waals surface area contributed by atoms with Crippen molar-refractivity contribution in [2.45, 2.75) is 76.5 Å². The summed E-state index contributed by atoms with van der Waals surface area (Å²) in [7, 11) is 0. The van der Waals surface area contributed by atoms with Gasteiger partial charge in [-0.15, -0.1) is 0 Å². The van der Waals surface area contributed by atoms with Gasteiger partial charge >= 0.3 is 0 Å². The quantitative estimate of drug-likeness (QED) is 0.365. The maximum atomic E-state index is 14.9. The van der Waals surface area contributed by atoms with Crippen LogP contribution in [-0.4, -0.2) is 41.7 Å². The number of rotatable bonds is 7. The molecule has 0 aromatic heterocycles. The van der Waals surface area contributed by atoms with Gasteiger partial charge in [-0.2, -0.15) is 0 Å². The Bertz CT molecular complexity index is 1250. The molecule has 0 radical (unpaired) electrons. The van der Waals surface area contributed by atoms with Crippen molar-refractivity contribution in [3.05, 3.63) is 63.1 Å². The van der Waals surface area contributed by atoms with Gasteiger partial charge < -0.3 is 21.1 Å². The molecule has 206 valence electrons. The van der Waals surface area contributed by atoms with Gasteiger partial charge in [0.1, 0.15) is 17.0 Å². The summed E-state index contributed by atoms with van der Waals surface area (Å²) in [6, 6.07) is 5.24. The van der Waals surface area contributed by atoms with Crippen molar-refractivity contribution in [1.29, 1.82) is 0 Å². The molecule has 2 aromatic rings. The van der Waals surface area contributed by atoms with E-state index in [4.69, 9.17) is 23.2 Å². The van der Waals surface area contributed by atoms with E-state index < -0.39 is 47.1 Å². The van der Waals surface area contributed by atoms with Crippen molar-refractivity contribution >= 4 is 40.7 Å². The van der Waals surface area contributed by atoms with E-state index in [0.29, 0.717) is 36.1 Å². The van der Waals surface area contributed by atoms with Gasteiger partial charge in [-0.25, -0.2) is 8.78 Å². The summed E-state index contributed by atoms with van der Waals surface area (Å²) in [5.74, 6) is -2.97. The molecule has 1 saturated heterocycles. The minimum atomic E-state index is -1.42. The third-order valence-electron chi connectivity index (χ3n) is 7.53. The number of hydrogen-bond acceptors (Lipinski definition) is 4. The molecule has 5 atom stereocenters. The van der Waals surface area contributed by atoms with E-state index in [-0.39, 0.29) is 27.9 Å². The maximum Gasteiger partial charge on any atom is 0.237 e. The number of carbonyl (C=O) groups excluding carboxylic acids is 2. The summed E-state index contributed by atoms with van der Waals surface area (Å²) in [5, 5.41) is 18.8. The predicted octanol–water partition coefficient (Wildman–Crippen LogP) is 5.30. The molecule has 2 aliphatic rings. The number of hydrogen-bond donors (Lipinski definition) is 4. The first-order chi connectivity index (χ1) is 17.8. The molecule has 0 bridgehead atoms. The largest absolute Gasteiger partial charge is 0.393 e. The molecule has 38 heavy (non-hydrogen) atoms. The maximum absolute atomic E-state index is 14.9. The van der Waals surface area contributed by atoms with Crippen molar-refractivity contribution in [1.82, 2.24) is 10.6 Å². The Balaban J connectivity index is 1.90. The molecule has 4 N–H and O–H groups in total. The summed E-state index contributed by atoms with van der Waals surface area (Å²) in [6.45, 7) is 8.13. The van der Waals surface area contributed by atoms with Crippen molar-refractivity contribution in [3.63, 3.8) is 0 Å². The zero-order valence-electron chi connectivity index (χ0n) is 21.8. The number of benzene rings is 2. The standard InChI is InChI=1S/C28H33Cl2F2N3O3/c1-5-15(36)8-9-33-25(37)24-23(14-6-7-19(31)17(29)10-14)28(22(35-24)13-27(2,3)4)16-11-20(32)18(30)12-21(16)34-26(28)38/h6-7,10-12,15,22-24,35-36H,5,8-9,13H2,1-4H3,(H,33,37)(H,34,38)/t15-,22-,23+,24-,28+/m1/s1. The van der Waals surface area contributed by atoms with Crippen LogP contribution in [0.4, 0.5) is 14.5 Å². The fourth-order valence-electron chi connectivity index (χ4n) is 5.82. The van der Waals surface area contributed by atoms with Gasteiger partial charge in [0.2, 0.25) is 11.8 Å². The van der Waals surface area contributed by atoms with E-state index in [1.54, 1.807) is 0 Å². The summed E-state index contributed by atoms with van der Waals surface area (Å²) in [6.07, 6.45) is 0.828. The van der Waals surface area contributed by atoms with Crippen LogP contribution in [0.2, 0.25) is 10.0 Å². The van der Waals surface area contributed by atoms with Crippen LogP contribution in [0.3, 0.4) is 0 Å². The fourth-order valence-corrected chi connectivity index (χ4v) is 6.17. The van der Waals surface area contributed by atoms with Gasteiger partial charge in [0.05, 0.1) is 22.2 Å². The molecular formula is C28H33Cl2F2N3O3. The Morgan fingerprint density at radius 3 is 2.47 bits per heavy atom. The summed E-state index contributed by atoms with van der Waals surface area (Å²) in [5.41, 5.74) is -0.478. The van der Waals surface area contributed by atoms with Crippen molar-refractivity contribution in [3.8, 4) is 0 Å². The number of aliphatic hydroxyl groups excluding tert-OH is 1. The summed E-state index contributed by atoms with van der Waals surface area (Å²) >= 11 is 12.2. The van der Waals surface area contributed by atoms with Gasteiger partial charge in [-0.05, 0) is 60.1 Å². The Morgan fingerprint density at radius 2 is 1.84 bits per heavy atom. The van der Waals surface area contributed by atoms with Gasteiger partial charge in [0.15, 0.2) is 0 Å². The molecule has 0 aliphatic carbocycles. The average Bonchev–Trinajstić information content (AvgIpc) is 3.30. The molecule has 0 unspecified atom stereocenters. The normalized spacial score (nSPS) is 25.4. The van der Waals surface area contributed by atoms with E-state index in [0.717, 1.165) is 0 Å². The number of carbonyl (C=O) groups is 2. The Labute approximate surface area is 231 Å². The van der Waals surface area contributed by atoms with Gasteiger partial charge in [0.25, 0.3) is 0 Å². The molecule has 2 heterocycles. The first-order valence-corrected chi connectivity index (χ1v) is 13.5. The van der Waals surface area contributed by atoms with Gasteiger partial charge in [0, 0.05) is 24.2 Å². The average molecular weight is 568 g/mol. The van der Waals surface area contributed by atoms with Crippen LogP contribution in [0.15, 0.2) is 30.3 Å². The number of anilines is 1. The van der Waals surface area contributed by atoms with Crippen molar-refractivity contribution in [2.75, 3.05) is 11.9 Å². The van der Waals surface area contributed by atoms with Crippen LogP contribution in [0.5, 0.6) is 0 Å². The summed E-state index contributed by atoms with van der Waals surface area (Å²) < 4.78 is 29.1. The number of amides is 2.